The number of fused-ring (bicyclic) bond motifs is 1. The van der Waals surface area contributed by atoms with Crippen molar-refractivity contribution in [3.8, 4) is 0 Å². The maximum Gasteiger partial charge on any atom is 0.337 e. The van der Waals surface area contributed by atoms with Crippen LogP contribution < -0.4 is 0 Å². The summed E-state index contributed by atoms with van der Waals surface area (Å²) in [4.78, 5) is 44.2. The predicted molar refractivity (Wildman–Crippen MR) is 141 cm³/mol. The van der Waals surface area contributed by atoms with E-state index in [4.69, 9.17) is 9.47 Å². The van der Waals surface area contributed by atoms with E-state index >= 15 is 0 Å². The van der Waals surface area contributed by atoms with Crippen LogP contribution in [0.1, 0.15) is 35.5 Å². The maximum atomic E-state index is 13.3. The second-order valence-electron chi connectivity index (χ2n) is 8.00. The number of carbonyl (C=O) groups is 3. The third kappa shape index (κ3) is 4.92. The summed E-state index contributed by atoms with van der Waals surface area (Å²) in [6.07, 6.45) is 1.86. The summed E-state index contributed by atoms with van der Waals surface area (Å²) in [5, 5.41) is 1.48. The second-order valence-corrected chi connectivity index (χ2v) is 9.01. The molecule has 0 atom stereocenters. The van der Waals surface area contributed by atoms with Crippen molar-refractivity contribution in [3.63, 3.8) is 0 Å². The highest BCUT2D eigenvalue weighted by molar-refractivity contribution is 8.18. The van der Waals surface area contributed by atoms with Gasteiger partial charge in [0.1, 0.15) is 6.54 Å². The summed E-state index contributed by atoms with van der Waals surface area (Å²) in [5.41, 5.74) is 3.57. The van der Waals surface area contributed by atoms with Crippen LogP contribution in [0.3, 0.4) is 0 Å². The molecule has 0 spiro atoms. The lowest BCUT2D eigenvalue weighted by atomic mass is 10.1. The monoisotopic (exact) mass is 505 g/mol. The van der Waals surface area contributed by atoms with Crippen LogP contribution in [0, 0.1) is 6.92 Å². The Kier molecular flexibility index (Phi) is 7.59. The van der Waals surface area contributed by atoms with Gasteiger partial charge in [-0.1, -0.05) is 24.3 Å². The molecule has 1 aromatic heterocycles. The van der Waals surface area contributed by atoms with Crippen molar-refractivity contribution >= 4 is 57.4 Å². The van der Waals surface area contributed by atoms with Crippen molar-refractivity contribution in [1.29, 1.82) is 0 Å². The Bertz CT molecular complexity index is 1410. The van der Waals surface area contributed by atoms with E-state index in [1.807, 2.05) is 48.8 Å². The van der Waals surface area contributed by atoms with Gasteiger partial charge in [0.15, 0.2) is 5.17 Å². The van der Waals surface area contributed by atoms with Crippen molar-refractivity contribution in [2.75, 3.05) is 20.3 Å². The Morgan fingerprint density at radius 1 is 1.11 bits per heavy atom. The van der Waals surface area contributed by atoms with Gasteiger partial charge in [-0.2, -0.15) is 0 Å². The highest BCUT2D eigenvalue weighted by Gasteiger charge is 2.33. The van der Waals surface area contributed by atoms with Crippen molar-refractivity contribution < 1.29 is 23.9 Å². The normalized spacial score (nSPS) is 15.8. The molecule has 186 valence electrons. The lowest BCUT2D eigenvalue weighted by molar-refractivity contribution is -0.143. The van der Waals surface area contributed by atoms with Crippen LogP contribution in [0.2, 0.25) is 0 Å². The molecule has 3 aromatic rings. The van der Waals surface area contributed by atoms with E-state index in [0.717, 1.165) is 22.2 Å². The molecule has 2 aromatic carbocycles. The maximum absolute atomic E-state index is 13.3. The third-order valence-electron chi connectivity index (χ3n) is 5.84. The number of thioether (sulfide) groups is 1. The first-order valence-corrected chi connectivity index (χ1v) is 12.4. The Hall–Kier alpha value is -3.85. The fourth-order valence-corrected chi connectivity index (χ4v) is 5.16. The van der Waals surface area contributed by atoms with Crippen LogP contribution in [0.25, 0.3) is 17.0 Å². The van der Waals surface area contributed by atoms with Crippen LogP contribution >= 0.6 is 11.8 Å². The SMILES string of the molecule is CCOC(=O)Cn1c(C)c(C=C2SC(=Nc3cccc(C(=O)OC)c3)N(CC)C2=O)c2ccccc21. The molecule has 1 saturated heterocycles. The fraction of sp³-hybridized carbons (Fsp3) is 0.259. The number of nitrogens with zero attached hydrogens (tertiary/aromatic N) is 3. The first-order valence-electron chi connectivity index (χ1n) is 11.6. The van der Waals surface area contributed by atoms with Crippen LogP contribution in [0.15, 0.2) is 58.4 Å². The first kappa shape index (κ1) is 25.2. The second kappa shape index (κ2) is 10.8. The number of benzene rings is 2. The molecule has 0 saturated carbocycles. The van der Waals surface area contributed by atoms with E-state index in [2.05, 4.69) is 4.99 Å². The van der Waals surface area contributed by atoms with E-state index in [-0.39, 0.29) is 18.4 Å². The molecule has 0 aliphatic carbocycles. The van der Waals surface area contributed by atoms with E-state index in [1.54, 1.807) is 36.1 Å². The van der Waals surface area contributed by atoms with E-state index < -0.39 is 5.97 Å². The predicted octanol–water partition coefficient (Wildman–Crippen LogP) is 4.92. The zero-order chi connectivity index (χ0) is 25.8. The van der Waals surface area contributed by atoms with E-state index in [1.165, 1.54) is 18.9 Å². The molecule has 36 heavy (non-hydrogen) atoms. The molecular formula is C27H27N3O5S. The molecule has 0 unspecified atom stereocenters. The number of carbonyl (C=O) groups excluding carboxylic acids is 3. The zero-order valence-electron chi connectivity index (χ0n) is 20.6. The van der Waals surface area contributed by atoms with Crippen molar-refractivity contribution in [3.05, 3.63) is 70.3 Å². The number of aromatic nitrogens is 1. The van der Waals surface area contributed by atoms with Gasteiger partial charge in [0, 0.05) is 28.7 Å². The third-order valence-corrected chi connectivity index (χ3v) is 6.85. The summed E-state index contributed by atoms with van der Waals surface area (Å²) in [7, 11) is 1.33. The molecule has 8 nitrogen and oxygen atoms in total. The zero-order valence-corrected chi connectivity index (χ0v) is 21.4. The molecule has 0 N–H and O–H groups in total. The lowest BCUT2D eigenvalue weighted by Gasteiger charge is -2.12. The molecule has 2 heterocycles. The van der Waals surface area contributed by atoms with Crippen LogP contribution in [0.5, 0.6) is 0 Å². The van der Waals surface area contributed by atoms with Crippen LogP contribution in [-0.2, 0) is 25.6 Å². The van der Waals surface area contributed by atoms with Gasteiger partial charge in [0.2, 0.25) is 0 Å². The molecule has 1 aliphatic heterocycles. The standard InChI is InChI=1S/C27H27N3O5S/c1-5-29-25(32)23(36-27(29)28-19-11-9-10-18(14-19)26(33)34-4)15-21-17(3)30(16-24(31)35-6-2)22-13-8-7-12-20(21)22/h7-15H,5-6,16H2,1-4H3. The first-order chi connectivity index (χ1) is 17.4. The number of aliphatic imine (C=N–C) groups is 1. The number of para-hydroxylation sites is 1. The number of rotatable bonds is 7. The van der Waals surface area contributed by atoms with Gasteiger partial charge in [-0.25, -0.2) is 9.79 Å². The summed E-state index contributed by atoms with van der Waals surface area (Å²) in [6.45, 7) is 6.45. The summed E-state index contributed by atoms with van der Waals surface area (Å²) >= 11 is 1.28. The summed E-state index contributed by atoms with van der Waals surface area (Å²) in [5.74, 6) is -0.908. The van der Waals surface area contributed by atoms with Crippen LogP contribution in [0.4, 0.5) is 5.69 Å². The topological polar surface area (TPSA) is 90.2 Å². The summed E-state index contributed by atoms with van der Waals surface area (Å²) < 4.78 is 11.9. The van der Waals surface area contributed by atoms with Crippen molar-refractivity contribution in [1.82, 2.24) is 9.47 Å². The molecule has 1 aliphatic rings. The minimum Gasteiger partial charge on any atom is -0.465 e. The summed E-state index contributed by atoms with van der Waals surface area (Å²) in [6, 6.07) is 14.6. The highest BCUT2D eigenvalue weighted by atomic mass is 32.2. The molecular weight excluding hydrogens is 478 g/mol. The van der Waals surface area contributed by atoms with Gasteiger partial charge in [-0.05, 0) is 62.9 Å². The number of methoxy groups -OCH3 is 1. The molecule has 0 bridgehead atoms. The van der Waals surface area contributed by atoms with Gasteiger partial charge in [0.05, 0.1) is 29.9 Å². The highest BCUT2D eigenvalue weighted by Crippen LogP contribution is 2.36. The average molecular weight is 506 g/mol. The number of amidine groups is 1. The van der Waals surface area contributed by atoms with Crippen molar-refractivity contribution in [2.45, 2.75) is 27.3 Å². The molecule has 4 rings (SSSR count). The Morgan fingerprint density at radius 3 is 2.61 bits per heavy atom. The molecule has 1 amide bonds. The van der Waals surface area contributed by atoms with Gasteiger partial charge < -0.3 is 14.0 Å². The molecule has 9 heteroatoms. The number of esters is 2. The van der Waals surface area contributed by atoms with E-state index in [0.29, 0.717) is 34.5 Å². The van der Waals surface area contributed by atoms with Gasteiger partial charge in [-0.15, -0.1) is 0 Å². The number of hydrogen-bond acceptors (Lipinski definition) is 7. The fourth-order valence-electron chi connectivity index (χ4n) is 4.11. The molecule has 0 radical (unpaired) electrons. The van der Waals surface area contributed by atoms with Gasteiger partial charge >= 0.3 is 11.9 Å². The Balaban J connectivity index is 1.73. The van der Waals surface area contributed by atoms with E-state index in [9.17, 15) is 14.4 Å². The average Bonchev–Trinajstić information content (AvgIpc) is 3.32. The Labute approximate surface area is 213 Å². The minimum absolute atomic E-state index is 0.0920. The quantitative estimate of drug-likeness (QED) is 0.334. The van der Waals surface area contributed by atoms with Crippen LogP contribution in [-0.4, -0.2) is 52.7 Å². The minimum atomic E-state index is -0.449. The largest absolute Gasteiger partial charge is 0.465 e. The lowest BCUT2D eigenvalue weighted by Crippen LogP contribution is -2.28. The smallest absolute Gasteiger partial charge is 0.337 e. The number of likely N-dealkylation sites (N-methyl/N-ethyl adjacent to an activating group) is 1. The van der Waals surface area contributed by atoms with Crippen molar-refractivity contribution in [2.24, 2.45) is 4.99 Å². The number of amides is 1. The number of hydrogen-bond donors (Lipinski definition) is 0. The Morgan fingerprint density at radius 2 is 1.89 bits per heavy atom. The molecule has 1 fully saturated rings. The van der Waals surface area contributed by atoms with Gasteiger partial charge in [-0.3, -0.25) is 14.5 Å². The van der Waals surface area contributed by atoms with Gasteiger partial charge in [0.25, 0.3) is 5.91 Å². The number of ether oxygens (including phenoxy) is 2.